The molecule has 0 saturated carbocycles. The smallest absolute Gasteiger partial charge is 0.313 e. The van der Waals surface area contributed by atoms with Crippen LogP contribution in [0.25, 0.3) is 0 Å². The van der Waals surface area contributed by atoms with E-state index in [1.54, 1.807) is 18.2 Å². The maximum absolute atomic E-state index is 12.1. The van der Waals surface area contributed by atoms with Gasteiger partial charge in [0.05, 0.1) is 12.7 Å². The molecule has 4 rings (SSSR count). The normalized spacial score (nSPS) is 18.1. The summed E-state index contributed by atoms with van der Waals surface area (Å²) >= 11 is 0. The van der Waals surface area contributed by atoms with Crippen molar-refractivity contribution in [2.75, 3.05) is 44.9 Å². The Morgan fingerprint density at radius 1 is 1.03 bits per heavy atom. The SMILES string of the molecule is O=C(NCCCN1CCOC(c2ccccc2)C1)C(=O)Nc1ccc2c(c1)OCO2. The lowest BCUT2D eigenvalue weighted by molar-refractivity contribution is -0.136. The van der Waals surface area contributed by atoms with Gasteiger partial charge in [0.25, 0.3) is 0 Å². The van der Waals surface area contributed by atoms with Crippen molar-refractivity contribution in [1.82, 2.24) is 10.2 Å². The highest BCUT2D eigenvalue weighted by molar-refractivity contribution is 6.39. The van der Waals surface area contributed by atoms with Gasteiger partial charge in [0.1, 0.15) is 0 Å². The Morgan fingerprint density at radius 2 is 1.87 bits per heavy atom. The number of nitrogens with zero attached hydrogens (tertiary/aromatic N) is 1. The molecule has 2 heterocycles. The van der Waals surface area contributed by atoms with Crippen LogP contribution in [0.4, 0.5) is 5.69 Å². The monoisotopic (exact) mass is 411 g/mol. The van der Waals surface area contributed by atoms with Crippen molar-refractivity contribution in [1.29, 1.82) is 0 Å². The molecule has 8 heteroatoms. The molecule has 2 aliphatic rings. The lowest BCUT2D eigenvalue weighted by Gasteiger charge is -2.33. The number of ether oxygens (including phenoxy) is 3. The minimum atomic E-state index is -0.704. The van der Waals surface area contributed by atoms with E-state index in [4.69, 9.17) is 14.2 Å². The van der Waals surface area contributed by atoms with Gasteiger partial charge in [-0.15, -0.1) is 0 Å². The second kappa shape index (κ2) is 9.60. The van der Waals surface area contributed by atoms with Gasteiger partial charge in [0, 0.05) is 37.9 Å². The molecule has 8 nitrogen and oxygen atoms in total. The number of rotatable bonds is 6. The van der Waals surface area contributed by atoms with Crippen molar-refractivity contribution in [2.45, 2.75) is 12.5 Å². The third-order valence-electron chi connectivity index (χ3n) is 5.10. The Labute approximate surface area is 175 Å². The third-order valence-corrected chi connectivity index (χ3v) is 5.10. The van der Waals surface area contributed by atoms with E-state index >= 15 is 0 Å². The molecule has 0 bridgehead atoms. The van der Waals surface area contributed by atoms with Crippen LogP contribution in [0.1, 0.15) is 18.1 Å². The van der Waals surface area contributed by atoms with E-state index in [1.165, 1.54) is 5.56 Å². The quantitative estimate of drug-likeness (QED) is 0.558. The van der Waals surface area contributed by atoms with Crippen molar-refractivity contribution in [3.05, 3.63) is 54.1 Å². The summed E-state index contributed by atoms with van der Waals surface area (Å²) < 4.78 is 16.4. The molecule has 0 aromatic heterocycles. The van der Waals surface area contributed by atoms with Crippen molar-refractivity contribution in [3.63, 3.8) is 0 Å². The van der Waals surface area contributed by atoms with E-state index in [9.17, 15) is 9.59 Å². The Hall–Kier alpha value is -3.10. The fourth-order valence-electron chi connectivity index (χ4n) is 3.52. The summed E-state index contributed by atoms with van der Waals surface area (Å²) in [7, 11) is 0. The predicted molar refractivity (Wildman–Crippen MR) is 110 cm³/mol. The van der Waals surface area contributed by atoms with Crippen LogP contribution in [-0.4, -0.2) is 56.3 Å². The maximum atomic E-state index is 12.1. The second-order valence-corrected chi connectivity index (χ2v) is 7.20. The number of benzene rings is 2. The maximum Gasteiger partial charge on any atom is 0.313 e. The predicted octanol–water partition coefficient (Wildman–Crippen LogP) is 1.93. The molecule has 0 radical (unpaired) electrons. The first-order valence-electron chi connectivity index (χ1n) is 10.1. The van der Waals surface area contributed by atoms with Gasteiger partial charge in [0.15, 0.2) is 11.5 Å². The van der Waals surface area contributed by atoms with E-state index in [-0.39, 0.29) is 12.9 Å². The van der Waals surface area contributed by atoms with E-state index in [1.807, 2.05) is 18.2 Å². The Morgan fingerprint density at radius 3 is 2.73 bits per heavy atom. The number of anilines is 1. The second-order valence-electron chi connectivity index (χ2n) is 7.20. The summed E-state index contributed by atoms with van der Waals surface area (Å²) in [4.78, 5) is 26.5. The summed E-state index contributed by atoms with van der Waals surface area (Å²) in [6, 6.07) is 15.2. The summed E-state index contributed by atoms with van der Waals surface area (Å²) in [5, 5.41) is 5.24. The molecule has 1 fully saturated rings. The number of hydrogen-bond acceptors (Lipinski definition) is 6. The molecule has 2 N–H and O–H groups in total. The van der Waals surface area contributed by atoms with Crippen LogP contribution < -0.4 is 20.1 Å². The number of amides is 2. The topological polar surface area (TPSA) is 89.1 Å². The van der Waals surface area contributed by atoms with E-state index < -0.39 is 11.8 Å². The highest BCUT2D eigenvalue weighted by Crippen LogP contribution is 2.34. The van der Waals surface area contributed by atoms with Crippen LogP contribution in [0.15, 0.2) is 48.5 Å². The lowest BCUT2D eigenvalue weighted by Crippen LogP contribution is -2.41. The van der Waals surface area contributed by atoms with Gasteiger partial charge < -0.3 is 24.8 Å². The molecule has 2 aromatic rings. The summed E-state index contributed by atoms with van der Waals surface area (Å²) in [5.41, 5.74) is 1.66. The molecule has 2 aliphatic heterocycles. The molecule has 1 saturated heterocycles. The zero-order chi connectivity index (χ0) is 20.8. The molecule has 0 spiro atoms. The van der Waals surface area contributed by atoms with Crippen LogP contribution >= 0.6 is 0 Å². The number of hydrogen-bond donors (Lipinski definition) is 2. The fourth-order valence-corrected chi connectivity index (χ4v) is 3.52. The summed E-state index contributed by atoms with van der Waals surface area (Å²) in [6.07, 6.45) is 0.826. The minimum absolute atomic E-state index is 0.0713. The molecule has 1 atom stereocenters. The van der Waals surface area contributed by atoms with Gasteiger partial charge >= 0.3 is 11.8 Å². The van der Waals surface area contributed by atoms with Crippen LogP contribution in [0.2, 0.25) is 0 Å². The van der Waals surface area contributed by atoms with E-state index in [0.717, 1.165) is 26.1 Å². The number of morpholine rings is 1. The van der Waals surface area contributed by atoms with Gasteiger partial charge in [0.2, 0.25) is 6.79 Å². The minimum Gasteiger partial charge on any atom is -0.454 e. The van der Waals surface area contributed by atoms with Gasteiger partial charge in [-0.1, -0.05) is 30.3 Å². The summed E-state index contributed by atoms with van der Waals surface area (Å²) in [6.45, 7) is 3.79. The highest BCUT2D eigenvalue weighted by atomic mass is 16.7. The van der Waals surface area contributed by atoms with Crippen molar-refractivity contribution < 1.29 is 23.8 Å². The molecular formula is C22H25N3O5. The van der Waals surface area contributed by atoms with Gasteiger partial charge in [-0.2, -0.15) is 0 Å². The molecule has 158 valence electrons. The third kappa shape index (κ3) is 5.08. The van der Waals surface area contributed by atoms with Crippen LogP contribution in [-0.2, 0) is 14.3 Å². The van der Waals surface area contributed by atoms with Gasteiger partial charge in [-0.05, 0) is 24.1 Å². The first-order chi connectivity index (χ1) is 14.7. The van der Waals surface area contributed by atoms with Crippen LogP contribution in [0.3, 0.4) is 0 Å². The standard InChI is InChI=1S/C22H25N3O5/c26-21(22(27)24-17-7-8-18-19(13-17)30-15-29-18)23-9-4-10-25-11-12-28-20(14-25)16-5-2-1-3-6-16/h1-3,5-8,13,20H,4,9-12,14-15H2,(H,23,26)(H,24,27). The molecule has 2 aromatic carbocycles. The summed E-state index contributed by atoms with van der Waals surface area (Å²) in [5.74, 6) is -0.191. The zero-order valence-electron chi connectivity index (χ0n) is 16.6. The first-order valence-corrected chi connectivity index (χ1v) is 10.1. The average molecular weight is 411 g/mol. The first kappa shape index (κ1) is 20.2. The van der Waals surface area contributed by atoms with Gasteiger partial charge in [-0.3, -0.25) is 14.5 Å². The van der Waals surface area contributed by atoms with Crippen LogP contribution in [0.5, 0.6) is 11.5 Å². The molecule has 0 aliphatic carbocycles. The van der Waals surface area contributed by atoms with Crippen molar-refractivity contribution >= 4 is 17.5 Å². The number of nitrogens with one attached hydrogen (secondary N) is 2. The fraction of sp³-hybridized carbons (Fsp3) is 0.364. The Bertz CT molecular complexity index is 890. The molecule has 2 amide bonds. The van der Waals surface area contributed by atoms with Crippen LogP contribution in [0, 0.1) is 0 Å². The highest BCUT2D eigenvalue weighted by Gasteiger charge is 2.22. The zero-order valence-corrected chi connectivity index (χ0v) is 16.6. The van der Waals surface area contributed by atoms with Gasteiger partial charge in [-0.25, -0.2) is 0 Å². The number of fused-ring (bicyclic) bond motifs is 1. The molecule has 30 heavy (non-hydrogen) atoms. The van der Waals surface area contributed by atoms with E-state index in [2.05, 4.69) is 27.7 Å². The number of carbonyl (C=O) groups excluding carboxylic acids is 2. The molecule has 1 unspecified atom stereocenters. The Balaban J connectivity index is 1.17. The van der Waals surface area contributed by atoms with Crippen molar-refractivity contribution in [2.24, 2.45) is 0 Å². The molecular weight excluding hydrogens is 386 g/mol. The Kier molecular flexibility index (Phi) is 6.46. The lowest BCUT2D eigenvalue weighted by atomic mass is 10.1. The largest absolute Gasteiger partial charge is 0.454 e. The van der Waals surface area contributed by atoms with Crippen molar-refractivity contribution in [3.8, 4) is 11.5 Å². The van der Waals surface area contributed by atoms with E-state index in [0.29, 0.717) is 30.3 Å². The number of carbonyl (C=O) groups is 2. The average Bonchev–Trinajstić information content (AvgIpc) is 3.25.